The number of aromatic hydroxyl groups is 1. The summed E-state index contributed by atoms with van der Waals surface area (Å²) in [5, 5.41) is 11.1. The molecule has 1 aromatic heterocycles. The van der Waals surface area contributed by atoms with Crippen LogP contribution < -0.4 is 0 Å². The van der Waals surface area contributed by atoms with E-state index in [-0.39, 0.29) is 39.5 Å². The molecule has 1 aromatic carbocycles. The Balaban J connectivity index is 1.75. The number of aromatic amines is 1. The molecule has 0 spiro atoms. The molecule has 0 radical (unpaired) electrons. The zero-order chi connectivity index (χ0) is 36.1. The molecular formula is C39H47BF2N2O4. The van der Waals surface area contributed by atoms with Gasteiger partial charge in [0.2, 0.25) is 5.78 Å². The highest BCUT2D eigenvalue weighted by Gasteiger charge is 2.35. The van der Waals surface area contributed by atoms with Gasteiger partial charge in [0.1, 0.15) is 17.2 Å². The van der Waals surface area contributed by atoms with E-state index in [1.54, 1.807) is 30.4 Å². The van der Waals surface area contributed by atoms with Gasteiger partial charge in [-0.3, -0.25) is 9.59 Å². The van der Waals surface area contributed by atoms with E-state index in [2.05, 4.69) is 9.98 Å². The molecule has 0 atom stereocenters. The highest BCUT2D eigenvalue weighted by Crippen LogP contribution is 2.42. The number of phenolic OH excluding ortho intramolecular Hbond substituents is 1. The Hall–Kier alpha value is -4.27. The molecule has 1 aliphatic heterocycles. The summed E-state index contributed by atoms with van der Waals surface area (Å²) in [6, 6.07) is 7.14. The molecule has 0 fully saturated rings. The summed E-state index contributed by atoms with van der Waals surface area (Å²) in [4.78, 5) is 34.5. The van der Waals surface area contributed by atoms with Crippen molar-refractivity contribution in [1.29, 1.82) is 0 Å². The van der Waals surface area contributed by atoms with Gasteiger partial charge >= 0.3 is 7.47 Å². The number of hydrogen-bond acceptors (Lipinski definition) is 5. The second-order valence-corrected chi connectivity index (χ2v) is 16.6. The van der Waals surface area contributed by atoms with Crippen LogP contribution in [0.5, 0.6) is 5.75 Å². The van der Waals surface area contributed by atoms with Crippen molar-refractivity contribution < 1.29 is 28.0 Å². The van der Waals surface area contributed by atoms with Crippen molar-refractivity contribution in [3.8, 4) is 17.0 Å². The normalized spacial score (nSPS) is 16.2. The maximum Gasteiger partial charge on any atom is 0.796 e. The van der Waals surface area contributed by atoms with Gasteiger partial charge in [0, 0.05) is 39.6 Å². The van der Waals surface area contributed by atoms with Crippen molar-refractivity contribution in [2.45, 2.75) is 93.9 Å². The van der Waals surface area contributed by atoms with Gasteiger partial charge in [-0.15, -0.1) is 0 Å². The topological polar surface area (TPSA) is 91.8 Å². The lowest BCUT2D eigenvalue weighted by Gasteiger charge is -2.31. The SMILES string of the molecule is CC(C)(C)C1=CC(=C2C=CC(/C(=C/C(=O)c3ccc(-c4cc(C(C)(C)C)c(O)c(C(C)(C)C)c4)[nH]3)OB(F)F)=N2)C=C(C(C)(C)C)C1=O. The van der Waals surface area contributed by atoms with Crippen LogP contribution in [-0.2, 0) is 20.3 Å². The Kier molecular flexibility index (Phi) is 9.63. The van der Waals surface area contributed by atoms with Gasteiger partial charge in [0.25, 0.3) is 0 Å². The van der Waals surface area contributed by atoms with Crippen molar-refractivity contribution in [1.82, 2.24) is 4.98 Å². The summed E-state index contributed by atoms with van der Waals surface area (Å²) in [5.41, 5.74) is 4.04. The summed E-state index contributed by atoms with van der Waals surface area (Å²) in [7, 11) is -3.19. The van der Waals surface area contributed by atoms with E-state index < -0.39 is 24.1 Å². The summed E-state index contributed by atoms with van der Waals surface area (Å²) in [6.45, 7) is 23.9. The van der Waals surface area contributed by atoms with Crippen LogP contribution in [0.2, 0.25) is 0 Å². The quantitative estimate of drug-likeness (QED) is 0.140. The van der Waals surface area contributed by atoms with Crippen molar-refractivity contribution in [2.75, 3.05) is 0 Å². The molecule has 2 N–H and O–H groups in total. The van der Waals surface area contributed by atoms with Gasteiger partial charge in [0.05, 0.1) is 11.4 Å². The number of H-pyrrole nitrogens is 1. The molecule has 0 amide bonds. The Morgan fingerprint density at radius 1 is 0.833 bits per heavy atom. The molecule has 254 valence electrons. The van der Waals surface area contributed by atoms with Crippen LogP contribution in [0.1, 0.15) is 105 Å². The molecule has 0 saturated carbocycles. The van der Waals surface area contributed by atoms with E-state index >= 15 is 0 Å². The molecule has 1 aliphatic carbocycles. The van der Waals surface area contributed by atoms with Crippen molar-refractivity contribution in [3.05, 3.63) is 99.6 Å². The number of Topliss-reactive ketones (excluding diaryl/α,β-unsaturated/α-hetero) is 1. The number of hydrogen-bond donors (Lipinski definition) is 2. The van der Waals surface area contributed by atoms with Crippen LogP contribution in [0.15, 0.2) is 87.8 Å². The molecule has 0 saturated heterocycles. The third kappa shape index (κ3) is 7.88. The Labute approximate surface area is 283 Å². The van der Waals surface area contributed by atoms with Gasteiger partial charge in [0.15, 0.2) is 5.78 Å². The molecular weight excluding hydrogens is 609 g/mol. The number of rotatable bonds is 6. The fourth-order valence-electron chi connectivity index (χ4n) is 5.65. The summed E-state index contributed by atoms with van der Waals surface area (Å²) < 4.78 is 32.1. The molecule has 0 bridgehead atoms. The first-order valence-corrected chi connectivity index (χ1v) is 16.2. The third-order valence-corrected chi connectivity index (χ3v) is 8.36. The average Bonchev–Trinajstić information content (AvgIpc) is 3.61. The summed E-state index contributed by atoms with van der Waals surface area (Å²) in [6.07, 6.45) is 7.79. The van der Waals surface area contributed by atoms with E-state index in [0.717, 1.165) is 22.8 Å². The van der Waals surface area contributed by atoms with Gasteiger partial charge in [-0.25, -0.2) is 13.6 Å². The predicted molar refractivity (Wildman–Crippen MR) is 190 cm³/mol. The van der Waals surface area contributed by atoms with Crippen LogP contribution in [0.3, 0.4) is 0 Å². The zero-order valence-electron chi connectivity index (χ0n) is 30.1. The lowest BCUT2D eigenvalue weighted by Crippen LogP contribution is -2.28. The highest BCUT2D eigenvalue weighted by atomic mass is 19.2. The second-order valence-electron chi connectivity index (χ2n) is 16.6. The van der Waals surface area contributed by atoms with Crippen LogP contribution in [0.4, 0.5) is 8.63 Å². The molecule has 0 unspecified atom stereocenters. The van der Waals surface area contributed by atoms with Crippen molar-refractivity contribution in [3.63, 3.8) is 0 Å². The third-order valence-electron chi connectivity index (χ3n) is 8.36. The second kappa shape index (κ2) is 12.6. The number of aromatic nitrogens is 1. The largest absolute Gasteiger partial charge is 0.796 e. The van der Waals surface area contributed by atoms with Gasteiger partial charge in [-0.05, 0) is 75.8 Å². The first kappa shape index (κ1) is 36.6. The van der Waals surface area contributed by atoms with Crippen LogP contribution in [0, 0.1) is 10.8 Å². The standard InChI is InChI=1S/C39H47BF2N2O4/c1-36(2,3)24-17-22(18-25(34(24)46)37(4,5)6)28-13-15-30(43-28)32(45)21-33(48-40(41)42)31-16-14-29(44-31)23-19-26(38(7,8)9)35(47)27(20-23)39(10,11)12/h13-21,43,46H,1-12H3/b33-21-. The number of nitrogens with zero attached hydrogens (tertiary/aromatic N) is 1. The number of phenols is 1. The van der Waals surface area contributed by atoms with E-state index in [1.165, 1.54) is 6.08 Å². The van der Waals surface area contributed by atoms with E-state index in [0.29, 0.717) is 28.1 Å². The Morgan fingerprint density at radius 2 is 1.35 bits per heavy atom. The number of nitrogens with one attached hydrogen (secondary N) is 1. The Morgan fingerprint density at radius 3 is 1.81 bits per heavy atom. The highest BCUT2D eigenvalue weighted by molar-refractivity contribution is 6.36. The fourth-order valence-corrected chi connectivity index (χ4v) is 5.65. The molecule has 4 rings (SSSR count). The zero-order valence-corrected chi connectivity index (χ0v) is 30.1. The first-order valence-electron chi connectivity index (χ1n) is 16.2. The van der Waals surface area contributed by atoms with Crippen molar-refractivity contribution in [2.24, 2.45) is 15.8 Å². The fraction of sp³-hybridized carbons (Fsp3) is 0.410. The first-order chi connectivity index (χ1) is 21.9. The molecule has 2 aliphatic rings. The number of carbonyl (C=O) groups excluding carboxylic acids is 2. The molecule has 2 heterocycles. The van der Waals surface area contributed by atoms with E-state index in [1.807, 2.05) is 95.2 Å². The smallest absolute Gasteiger partial charge is 0.507 e. The maximum absolute atomic E-state index is 13.6. The van der Waals surface area contributed by atoms with E-state index in [9.17, 15) is 23.3 Å². The Bertz CT molecular complexity index is 1770. The molecule has 48 heavy (non-hydrogen) atoms. The van der Waals surface area contributed by atoms with Crippen LogP contribution in [0.25, 0.3) is 11.3 Å². The minimum absolute atomic E-state index is 0.0281. The minimum atomic E-state index is -3.19. The monoisotopic (exact) mass is 656 g/mol. The lowest BCUT2D eigenvalue weighted by atomic mass is 9.71. The van der Waals surface area contributed by atoms with Gasteiger partial charge in [-0.1, -0.05) is 83.1 Å². The van der Waals surface area contributed by atoms with Gasteiger partial charge < -0.3 is 14.7 Å². The van der Waals surface area contributed by atoms with Crippen LogP contribution in [-0.4, -0.2) is 34.8 Å². The predicted octanol–water partition coefficient (Wildman–Crippen LogP) is 9.78. The van der Waals surface area contributed by atoms with Crippen molar-refractivity contribution >= 4 is 24.7 Å². The van der Waals surface area contributed by atoms with Crippen LogP contribution >= 0.6 is 0 Å². The number of ketones is 2. The number of carbonyl (C=O) groups is 2. The van der Waals surface area contributed by atoms with Gasteiger partial charge in [-0.2, -0.15) is 0 Å². The van der Waals surface area contributed by atoms with E-state index in [4.69, 9.17) is 4.65 Å². The minimum Gasteiger partial charge on any atom is -0.507 e. The maximum atomic E-state index is 13.6. The lowest BCUT2D eigenvalue weighted by molar-refractivity contribution is -0.114. The average molecular weight is 657 g/mol. The summed E-state index contributed by atoms with van der Waals surface area (Å²) >= 11 is 0. The molecule has 9 heteroatoms. The number of aliphatic imine (C=N–C) groups is 1. The molecule has 6 nitrogen and oxygen atoms in total. The number of benzene rings is 1. The number of allylic oxidation sites excluding steroid dienone is 8. The summed E-state index contributed by atoms with van der Waals surface area (Å²) in [5.74, 6) is -0.736. The number of halogens is 2. The molecule has 2 aromatic rings.